The molecule has 0 heterocycles. The molecule has 5 heteroatoms. The standard InChI is InChI=1S/C16H25BrN2O2/c1-5-14(12-7-6-8-13(17)11-12)18-9-10-19-15(20)21-16(2,3)4/h6-8,11,14,18H,5,9-10H2,1-4H3,(H,19,20). The first-order valence-corrected chi connectivity index (χ1v) is 8.07. The van der Waals surface area contributed by atoms with Crippen LogP contribution in [0.4, 0.5) is 4.79 Å². The third-order valence-corrected chi connectivity index (χ3v) is 3.34. The zero-order valence-electron chi connectivity index (χ0n) is 13.2. The first kappa shape index (κ1) is 18.0. The summed E-state index contributed by atoms with van der Waals surface area (Å²) in [6.07, 6.45) is 0.614. The van der Waals surface area contributed by atoms with Gasteiger partial charge < -0.3 is 15.4 Å². The number of rotatable bonds is 6. The average molecular weight is 357 g/mol. The first-order valence-electron chi connectivity index (χ1n) is 7.27. The van der Waals surface area contributed by atoms with Crippen molar-refractivity contribution in [2.75, 3.05) is 13.1 Å². The number of alkyl carbamates (subject to hydrolysis) is 1. The van der Waals surface area contributed by atoms with Crippen molar-refractivity contribution in [2.45, 2.75) is 45.8 Å². The summed E-state index contributed by atoms with van der Waals surface area (Å²) in [6, 6.07) is 8.54. The van der Waals surface area contributed by atoms with Gasteiger partial charge in [-0.3, -0.25) is 0 Å². The van der Waals surface area contributed by atoms with Crippen molar-refractivity contribution in [3.63, 3.8) is 0 Å². The third kappa shape index (κ3) is 7.48. The highest BCUT2D eigenvalue weighted by atomic mass is 79.9. The predicted molar refractivity (Wildman–Crippen MR) is 89.4 cm³/mol. The fraction of sp³-hybridized carbons (Fsp3) is 0.562. The Kier molecular flexibility index (Phi) is 7.18. The lowest BCUT2D eigenvalue weighted by molar-refractivity contribution is 0.0528. The van der Waals surface area contributed by atoms with E-state index in [1.54, 1.807) is 0 Å². The third-order valence-electron chi connectivity index (χ3n) is 2.84. The van der Waals surface area contributed by atoms with Crippen LogP contribution in [-0.4, -0.2) is 24.8 Å². The van der Waals surface area contributed by atoms with Gasteiger partial charge in [0.15, 0.2) is 0 Å². The van der Waals surface area contributed by atoms with Crippen molar-refractivity contribution in [1.29, 1.82) is 0 Å². The van der Waals surface area contributed by atoms with E-state index in [2.05, 4.69) is 45.6 Å². The number of hydrogen-bond donors (Lipinski definition) is 2. The number of halogens is 1. The highest BCUT2D eigenvalue weighted by Gasteiger charge is 2.15. The van der Waals surface area contributed by atoms with Gasteiger partial charge in [0.05, 0.1) is 0 Å². The molecule has 0 saturated carbocycles. The Bertz CT molecular complexity index is 458. The summed E-state index contributed by atoms with van der Waals surface area (Å²) in [5.74, 6) is 0. The zero-order chi connectivity index (χ0) is 15.9. The number of hydrogen-bond acceptors (Lipinski definition) is 3. The zero-order valence-corrected chi connectivity index (χ0v) is 14.8. The van der Waals surface area contributed by atoms with E-state index in [1.165, 1.54) is 5.56 Å². The molecule has 4 nitrogen and oxygen atoms in total. The molecule has 0 radical (unpaired) electrons. The molecule has 2 N–H and O–H groups in total. The van der Waals surface area contributed by atoms with Crippen LogP contribution in [0.25, 0.3) is 0 Å². The van der Waals surface area contributed by atoms with E-state index in [4.69, 9.17) is 4.74 Å². The molecule has 1 amide bonds. The summed E-state index contributed by atoms with van der Waals surface area (Å²) in [7, 11) is 0. The summed E-state index contributed by atoms with van der Waals surface area (Å²) in [5.41, 5.74) is 0.781. The van der Waals surface area contributed by atoms with Gasteiger partial charge in [-0.05, 0) is 44.9 Å². The van der Waals surface area contributed by atoms with Crippen LogP contribution < -0.4 is 10.6 Å². The topological polar surface area (TPSA) is 50.4 Å². The first-order chi connectivity index (χ1) is 9.81. The second kappa shape index (κ2) is 8.39. The monoisotopic (exact) mass is 356 g/mol. The number of amides is 1. The minimum atomic E-state index is -0.459. The fourth-order valence-corrected chi connectivity index (χ4v) is 2.36. The fourth-order valence-electron chi connectivity index (χ4n) is 1.95. The van der Waals surface area contributed by atoms with Crippen LogP contribution in [0.3, 0.4) is 0 Å². The van der Waals surface area contributed by atoms with E-state index in [0.717, 1.165) is 10.9 Å². The summed E-state index contributed by atoms with van der Waals surface area (Å²) in [4.78, 5) is 11.5. The lowest BCUT2D eigenvalue weighted by atomic mass is 10.0. The molecule has 0 aliphatic rings. The predicted octanol–water partition coefficient (Wildman–Crippen LogP) is 4.01. The minimum Gasteiger partial charge on any atom is -0.444 e. The molecule has 0 aromatic heterocycles. The molecule has 1 atom stereocenters. The Morgan fingerprint density at radius 3 is 2.62 bits per heavy atom. The molecule has 0 bridgehead atoms. The summed E-state index contributed by atoms with van der Waals surface area (Å²) in [5, 5.41) is 6.19. The lowest BCUT2D eigenvalue weighted by Crippen LogP contribution is -2.37. The molecular formula is C16H25BrN2O2. The van der Waals surface area contributed by atoms with E-state index >= 15 is 0 Å². The van der Waals surface area contributed by atoms with Gasteiger partial charge in [-0.25, -0.2) is 4.79 Å². The smallest absolute Gasteiger partial charge is 0.407 e. The average Bonchev–Trinajstić information content (AvgIpc) is 2.36. The molecule has 0 fully saturated rings. The molecule has 118 valence electrons. The van der Waals surface area contributed by atoms with Gasteiger partial charge in [0, 0.05) is 23.6 Å². The van der Waals surface area contributed by atoms with Gasteiger partial charge >= 0.3 is 6.09 Å². The van der Waals surface area contributed by atoms with Crippen LogP contribution in [0.15, 0.2) is 28.7 Å². The minimum absolute atomic E-state index is 0.280. The second-order valence-electron chi connectivity index (χ2n) is 5.90. The number of carbonyl (C=O) groups excluding carboxylic acids is 1. The van der Waals surface area contributed by atoms with E-state index in [0.29, 0.717) is 13.1 Å². The molecule has 21 heavy (non-hydrogen) atoms. The molecule has 1 unspecified atom stereocenters. The Labute approximate surface area is 135 Å². The van der Waals surface area contributed by atoms with E-state index in [9.17, 15) is 4.79 Å². The van der Waals surface area contributed by atoms with Crippen LogP contribution in [0.1, 0.15) is 45.7 Å². The lowest BCUT2D eigenvalue weighted by Gasteiger charge is -2.21. The van der Waals surface area contributed by atoms with Crippen molar-refractivity contribution < 1.29 is 9.53 Å². The van der Waals surface area contributed by atoms with E-state index in [1.807, 2.05) is 32.9 Å². The summed E-state index contributed by atoms with van der Waals surface area (Å²) < 4.78 is 6.26. The Morgan fingerprint density at radius 2 is 2.05 bits per heavy atom. The Balaban J connectivity index is 2.35. The molecule has 0 aliphatic carbocycles. The maximum Gasteiger partial charge on any atom is 0.407 e. The molecule has 1 rings (SSSR count). The summed E-state index contributed by atoms with van der Waals surface area (Å²) in [6.45, 7) is 8.94. The van der Waals surface area contributed by atoms with Gasteiger partial charge in [-0.1, -0.05) is 35.0 Å². The van der Waals surface area contributed by atoms with Crippen LogP contribution in [-0.2, 0) is 4.74 Å². The van der Waals surface area contributed by atoms with Crippen LogP contribution in [0.5, 0.6) is 0 Å². The van der Waals surface area contributed by atoms with Crippen molar-refractivity contribution in [2.24, 2.45) is 0 Å². The Morgan fingerprint density at radius 1 is 1.33 bits per heavy atom. The molecule has 1 aromatic rings. The van der Waals surface area contributed by atoms with Crippen molar-refractivity contribution in [3.05, 3.63) is 34.3 Å². The van der Waals surface area contributed by atoms with Gasteiger partial charge in [0.1, 0.15) is 5.60 Å². The number of benzene rings is 1. The van der Waals surface area contributed by atoms with Crippen LogP contribution in [0, 0.1) is 0 Å². The quantitative estimate of drug-likeness (QED) is 0.757. The van der Waals surface area contributed by atoms with Crippen molar-refractivity contribution in [1.82, 2.24) is 10.6 Å². The molecule has 0 spiro atoms. The van der Waals surface area contributed by atoms with E-state index < -0.39 is 5.60 Å². The number of nitrogens with one attached hydrogen (secondary N) is 2. The van der Waals surface area contributed by atoms with Crippen molar-refractivity contribution >= 4 is 22.0 Å². The largest absolute Gasteiger partial charge is 0.444 e. The van der Waals surface area contributed by atoms with Gasteiger partial charge in [0.2, 0.25) is 0 Å². The maximum absolute atomic E-state index is 11.5. The SMILES string of the molecule is CCC(NCCNC(=O)OC(C)(C)C)c1cccc(Br)c1. The highest BCUT2D eigenvalue weighted by Crippen LogP contribution is 2.20. The molecule has 1 aromatic carbocycles. The number of ether oxygens (including phenoxy) is 1. The van der Waals surface area contributed by atoms with Gasteiger partial charge in [0.25, 0.3) is 0 Å². The molecular weight excluding hydrogens is 332 g/mol. The van der Waals surface area contributed by atoms with Crippen LogP contribution >= 0.6 is 15.9 Å². The molecule has 0 aliphatic heterocycles. The van der Waals surface area contributed by atoms with Gasteiger partial charge in [-0.2, -0.15) is 0 Å². The van der Waals surface area contributed by atoms with E-state index in [-0.39, 0.29) is 12.1 Å². The second-order valence-corrected chi connectivity index (χ2v) is 6.81. The molecule has 0 saturated heterocycles. The highest BCUT2D eigenvalue weighted by molar-refractivity contribution is 9.10. The summed E-state index contributed by atoms with van der Waals surface area (Å²) >= 11 is 3.49. The van der Waals surface area contributed by atoms with Crippen molar-refractivity contribution in [3.8, 4) is 0 Å². The van der Waals surface area contributed by atoms with Gasteiger partial charge in [-0.15, -0.1) is 0 Å². The Hall–Kier alpha value is -1.07. The number of carbonyl (C=O) groups is 1. The van der Waals surface area contributed by atoms with Crippen LogP contribution in [0.2, 0.25) is 0 Å². The maximum atomic E-state index is 11.5. The normalized spacial score (nSPS) is 12.8.